The summed E-state index contributed by atoms with van der Waals surface area (Å²) >= 11 is 0. The molecule has 0 spiro atoms. The monoisotopic (exact) mass is 470 g/mol. The number of alkyl halides is 3. The van der Waals surface area contributed by atoms with Gasteiger partial charge >= 0.3 is 6.18 Å². The molecule has 9 heteroatoms. The van der Waals surface area contributed by atoms with Crippen molar-refractivity contribution in [1.29, 1.82) is 0 Å². The standard InChI is InChI=1S/C23H29F3N2O3S/c1-3-5-6-7-10-15(4-2)19-20(23(24,25)26)17-11-8-9-12-18(17)27-21(19)22(29)28-32(30,31)16-13-14-16/h8-9,11-12,15-16H,3-7,10,13-14H2,1-2H3,(H,28,29). The van der Waals surface area contributed by atoms with Gasteiger partial charge in [-0.3, -0.25) is 4.79 Å². The van der Waals surface area contributed by atoms with Gasteiger partial charge in [0, 0.05) is 5.39 Å². The summed E-state index contributed by atoms with van der Waals surface area (Å²) < 4.78 is 69.7. The minimum absolute atomic E-state index is 0.0124. The Morgan fingerprint density at radius 1 is 1.16 bits per heavy atom. The van der Waals surface area contributed by atoms with E-state index in [1.165, 1.54) is 18.2 Å². The van der Waals surface area contributed by atoms with E-state index >= 15 is 0 Å². The molecule has 1 aromatic heterocycles. The summed E-state index contributed by atoms with van der Waals surface area (Å²) in [6.07, 6.45) is 0.567. The molecular formula is C23H29F3N2O3S. The van der Waals surface area contributed by atoms with Gasteiger partial charge in [-0.05, 0) is 43.2 Å². The predicted octanol–water partition coefficient (Wildman–Crippen LogP) is 5.94. The van der Waals surface area contributed by atoms with Crippen LogP contribution in [0.3, 0.4) is 0 Å². The van der Waals surface area contributed by atoms with Crippen LogP contribution in [-0.4, -0.2) is 24.6 Å². The number of halogens is 3. The van der Waals surface area contributed by atoms with Gasteiger partial charge in [0.2, 0.25) is 10.0 Å². The maximum atomic E-state index is 14.4. The molecule has 1 fully saturated rings. The first kappa shape index (κ1) is 24.5. The van der Waals surface area contributed by atoms with E-state index in [1.807, 2.05) is 4.72 Å². The summed E-state index contributed by atoms with van der Waals surface area (Å²) in [5, 5.41) is -0.753. The van der Waals surface area contributed by atoms with Gasteiger partial charge in [0.15, 0.2) is 0 Å². The molecule has 1 N–H and O–H groups in total. The number of sulfonamides is 1. The molecule has 32 heavy (non-hydrogen) atoms. The van der Waals surface area contributed by atoms with Crippen LogP contribution < -0.4 is 4.72 Å². The highest BCUT2D eigenvalue weighted by atomic mass is 32.2. The fraction of sp³-hybridized carbons (Fsp3) is 0.565. The lowest BCUT2D eigenvalue weighted by Gasteiger charge is -2.24. The molecule has 0 saturated heterocycles. The molecule has 1 heterocycles. The van der Waals surface area contributed by atoms with E-state index < -0.39 is 44.5 Å². The number of nitrogens with one attached hydrogen (secondary N) is 1. The third-order valence-electron chi connectivity index (χ3n) is 5.93. The van der Waals surface area contributed by atoms with Gasteiger partial charge in [0.25, 0.3) is 5.91 Å². The quantitative estimate of drug-likeness (QED) is 0.436. The molecular weight excluding hydrogens is 441 g/mol. The third kappa shape index (κ3) is 5.42. The molecule has 1 unspecified atom stereocenters. The second-order valence-electron chi connectivity index (χ2n) is 8.39. The topological polar surface area (TPSA) is 76.1 Å². The fourth-order valence-electron chi connectivity index (χ4n) is 4.11. The molecule has 5 nitrogen and oxygen atoms in total. The minimum atomic E-state index is -4.72. The first-order chi connectivity index (χ1) is 15.1. The summed E-state index contributed by atoms with van der Waals surface area (Å²) in [4.78, 5) is 17.3. The van der Waals surface area contributed by atoms with Crippen LogP contribution in [0.2, 0.25) is 0 Å². The largest absolute Gasteiger partial charge is 0.417 e. The Morgan fingerprint density at radius 2 is 1.84 bits per heavy atom. The van der Waals surface area contributed by atoms with Crippen LogP contribution in [0, 0.1) is 0 Å². The summed E-state index contributed by atoms with van der Waals surface area (Å²) in [7, 11) is -3.93. The average molecular weight is 471 g/mol. The van der Waals surface area contributed by atoms with E-state index in [2.05, 4.69) is 11.9 Å². The molecule has 1 aliphatic rings. The minimum Gasteiger partial charge on any atom is -0.266 e. The molecule has 1 atom stereocenters. The molecule has 2 aromatic rings. The van der Waals surface area contributed by atoms with Crippen molar-refractivity contribution in [3.63, 3.8) is 0 Å². The van der Waals surface area contributed by atoms with Crippen molar-refractivity contribution < 1.29 is 26.4 Å². The Hall–Kier alpha value is -2.16. The summed E-state index contributed by atoms with van der Waals surface area (Å²) in [6.45, 7) is 3.83. The molecule has 3 rings (SSSR count). The first-order valence-electron chi connectivity index (χ1n) is 11.2. The second kappa shape index (κ2) is 9.77. The van der Waals surface area contributed by atoms with Crippen LogP contribution in [0.5, 0.6) is 0 Å². The number of amides is 1. The van der Waals surface area contributed by atoms with Gasteiger partial charge in [-0.25, -0.2) is 18.1 Å². The lowest BCUT2D eigenvalue weighted by Crippen LogP contribution is -2.35. The number of nitrogens with zero attached hydrogens (tertiary/aromatic N) is 1. The Balaban J connectivity index is 2.17. The highest BCUT2D eigenvalue weighted by Crippen LogP contribution is 2.43. The maximum Gasteiger partial charge on any atom is 0.417 e. The van der Waals surface area contributed by atoms with Gasteiger partial charge in [-0.1, -0.05) is 57.7 Å². The summed E-state index contributed by atoms with van der Waals surface area (Å²) in [5.74, 6) is -1.65. The predicted molar refractivity (Wildman–Crippen MR) is 118 cm³/mol. The van der Waals surface area contributed by atoms with E-state index in [0.29, 0.717) is 25.7 Å². The van der Waals surface area contributed by atoms with Crippen LogP contribution in [0.15, 0.2) is 24.3 Å². The Labute approximate surface area is 186 Å². The average Bonchev–Trinajstić information content (AvgIpc) is 3.58. The molecule has 176 valence electrons. The van der Waals surface area contributed by atoms with Crippen molar-refractivity contribution in [2.24, 2.45) is 0 Å². The van der Waals surface area contributed by atoms with Crippen molar-refractivity contribution in [3.8, 4) is 0 Å². The highest BCUT2D eigenvalue weighted by molar-refractivity contribution is 7.91. The molecule has 1 saturated carbocycles. The SMILES string of the molecule is CCCCCCC(CC)c1c(C(=O)NS(=O)(=O)C2CC2)nc2ccccc2c1C(F)(F)F. The number of pyridine rings is 1. The van der Waals surface area contributed by atoms with Gasteiger partial charge in [-0.15, -0.1) is 0 Å². The molecule has 0 bridgehead atoms. The van der Waals surface area contributed by atoms with E-state index in [1.54, 1.807) is 13.0 Å². The summed E-state index contributed by atoms with van der Waals surface area (Å²) in [5.41, 5.74) is -1.51. The van der Waals surface area contributed by atoms with Crippen molar-refractivity contribution in [1.82, 2.24) is 9.71 Å². The van der Waals surface area contributed by atoms with E-state index in [0.717, 1.165) is 25.7 Å². The maximum absolute atomic E-state index is 14.4. The molecule has 1 aliphatic carbocycles. The number of fused-ring (bicyclic) bond motifs is 1. The van der Waals surface area contributed by atoms with E-state index in [-0.39, 0.29) is 16.5 Å². The first-order valence-corrected chi connectivity index (χ1v) is 12.7. The molecule has 1 amide bonds. The smallest absolute Gasteiger partial charge is 0.266 e. The zero-order valence-corrected chi connectivity index (χ0v) is 19.2. The van der Waals surface area contributed by atoms with Crippen molar-refractivity contribution >= 4 is 26.8 Å². The van der Waals surface area contributed by atoms with Crippen LogP contribution in [0.1, 0.15) is 92.7 Å². The fourth-order valence-corrected chi connectivity index (χ4v) is 5.39. The van der Waals surface area contributed by atoms with Gasteiger partial charge in [-0.2, -0.15) is 13.2 Å². The summed E-state index contributed by atoms with van der Waals surface area (Å²) in [6, 6.07) is 5.80. The number of carbonyl (C=O) groups excluding carboxylic acids is 1. The number of rotatable bonds is 10. The normalized spacial score (nSPS) is 15.7. The van der Waals surface area contributed by atoms with Gasteiger partial charge < -0.3 is 0 Å². The van der Waals surface area contributed by atoms with E-state index in [9.17, 15) is 26.4 Å². The number of benzene rings is 1. The van der Waals surface area contributed by atoms with Crippen LogP contribution in [0.25, 0.3) is 10.9 Å². The lowest BCUT2D eigenvalue weighted by atomic mass is 9.84. The zero-order chi connectivity index (χ0) is 23.5. The number of para-hydroxylation sites is 1. The number of hydrogen-bond acceptors (Lipinski definition) is 4. The van der Waals surface area contributed by atoms with E-state index in [4.69, 9.17) is 0 Å². The number of hydrogen-bond donors (Lipinski definition) is 1. The molecule has 0 radical (unpaired) electrons. The van der Waals surface area contributed by atoms with Crippen LogP contribution in [0.4, 0.5) is 13.2 Å². The number of carbonyl (C=O) groups is 1. The van der Waals surface area contributed by atoms with Crippen LogP contribution >= 0.6 is 0 Å². The second-order valence-corrected chi connectivity index (χ2v) is 10.4. The Morgan fingerprint density at radius 3 is 2.44 bits per heavy atom. The van der Waals surface area contributed by atoms with Crippen molar-refractivity contribution in [2.45, 2.75) is 82.6 Å². The number of aromatic nitrogens is 1. The van der Waals surface area contributed by atoms with Gasteiger partial charge in [0.1, 0.15) is 5.69 Å². The van der Waals surface area contributed by atoms with Crippen LogP contribution in [-0.2, 0) is 16.2 Å². The molecule has 0 aliphatic heterocycles. The number of unbranched alkanes of at least 4 members (excludes halogenated alkanes) is 3. The van der Waals surface area contributed by atoms with Gasteiger partial charge in [0.05, 0.1) is 16.3 Å². The third-order valence-corrected chi connectivity index (χ3v) is 7.75. The molecule has 1 aromatic carbocycles. The Bertz CT molecular complexity index is 1080. The van der Waals surface area contributed by atoms with Crippen molar-refractivity contribution in [2.75, 3.05) is 0 Å². The Kier molecular flexibility index (Phi) is 7.47. The highest BCUT2D eigenvalue weighted by Gasteiger charge is 2.42. The van der Waals surface area contributed by atoms with Crippen molar-refractivity contribution in [3.05, 3.63) is 41.1 Å². The zero-order valence-electron chi connectivity index (χ0n) is 18.3. The lowest BCUT2D eigenvalue weighted by molar-refractivity contribution is -0.137.